The number of allylic oxidation sites excluding steroid dienone is 2. The summed E-state index contributed by atoms with van der Waals surface area (Å²) in [5.74, 6) is -1.88. The Morgan fingerprint density at radius 2 is 1.88 bits per heavy atom. The third kappa shape index (κ3) is 3.86. The van der Waals surface area contributed by atoms with E-state index in [9.17, 15) is 24.6 Å². The average molecular weight is 478 g/mol. The van der Waals surface area contributed by atoms with Gasteiger partial charge in [0, 0.05) is 12.3 Å². The first kappa shape index (κ1) is 24.9. The van der Waals surface area contributed by atoms with E-state index in [0.29, 0.717) is 31.4 Å². The summed E-state index contributed by atoms with van der Waals surface area (Å²) in [5.41, 5.74) is -0.732. The maximum Gasteiger partial charge on any atom is 0.344 e. The van der Waals surface area contributed by atoms with E-state index in [1.165, 1.54) is 12.5 Å². The van der Waals surface area contributed by atoms with Crippen LogP contribution in [0.25, 0.3) is 0 Å². The highest BCUT2D eigenvalue weighted by atomic mass is 16.6. The Morgan fingerprint density at radius 3 is 2.56 bits per heavy atom. The highest BCUT2D eigenvalue weighted by molar-refractivity contribution is 5.96. The van der Waals surface area contributed by atoms with Gasteiger partial charge in [0.15, 0.2) is 6.61 Å². The van der Waals surface area contributed by atoms with E-state index in [-0.39, 0.29) is 23.2 Å². The van der Waals surface area contributed by atoms with E-state index < -0.39 is 48.1 Å². The van der Waals surface area contributed by atoms with E-state index in [0.717, 1.165) is 19.3 Å². The molecule has 0 aliphatic heterocycles. The molecule has 3 N–H and O–H groups in total. The average Bonchev–Trinajstić information content (AvgIpc) is 3.03. The second kappa shape index (κ2) is 8.75. The number of carboxylic acid groups (broad SMARTS) is 1. The molecule has 34 heavy (non-hydrogen) atoms. The molecule has 4 aliphatic carbocycles. The minimum absolute atomic E-state index is 0.00187. The molecule has 0 aromatic carbocycles. The summed E-state index contributed by atoms with van der Waals surface area (Å²) >= 11 is 0. The fourth-order valence-corrected chi connectivity index (χ4v) is 7.69. The lowest BCUT2D eigenvalue weighted by Gasteiger charge is -2.60. The van der Waals surface area contributed by atoms with Gasteiger partial charge in [0.25, 0.3) is 0 Å². The van der Waals surface area contributed by atoms with Crippen LogP contribution in [0.15, 0.2) is 16.8 Å². The molecule has 0 aromatic rings. The molecule has 9 heteroatoms. The number of fused-ring (bicyclic) bond motifs is 5. The molecule has 0 radical (unpaired) electrons. The standard InChI is InChI=1S/C25H35NO8/c1-14(27)33-12-20(29)25(32)9-7-18-17-5-4-15-10-16(26-34-13-21(30)31)6-8-23(15,2)22(17)19(28)11-24(18,25)3/h10,17-19,22,28,32H,4-9,11-13H2,1-3H3,(H,30,31)/b26-16-/t17-,18-,19-,22+,23-,24-,25-/m0/s1. The second-order valence-electron chi connectivity index (χ2n) is 11.0. The predicted octanol–water partition coefficient (Wildman–Crippen LogP) is 2.24. The molecule has 3 fully saturated rings. The predicted molar refractivity (Wildman–Crippen MR) is 121 cm³/mol. The molecule has 0 unspecified atom stereocenters. The van der Waals surface area contributed by atoms with E-state index in [4.69, 9.17) is 14.7 Å². The van der Waals surface area contributed by atoms with E-state index in [1.54, 1.807) is 0 Å². The van der Waals surface area contributed by atoms with Crippen molar-refractivity contribution >= 4 is 23.4 Å². The van der Waals surface area contributed by atoms with Gasteiger partial charge >= 0.3 is 11.9 Å². The van der Waals surface area contributed by atoms with Crippen molar-refractivity contribution in [2.45, 2.75) is 77.4 Å². The topological polar surface area (TPSA) is 143 Å². The Labute approximate surface area is 199 Å². The number of Topliss-reactive ketones (excluding diaryl/α,β-unsaturated/α-hetero) is 1. The van der Waals surface area contributed by atoms with Crippen molar-refractivity contribution in [2.24, 2.45) is 33.7 Å². The molecule has 0 heterocycles. The fourth-order valence-electron chi connectivity index (χ4n) is 7.69. The van der Waals surface area contributed by atoms with Crippen LogP contribution in [-0.4, -0.2) is 63.7 Å². The molecule has 0 bridgehead atoms. The van der Waals surface area contributed by atoms with Crippen molar-refractivity contribution in [3.8, 4) is 0 Å². The van der Waals surface area contributed by atoms with Crippen LogP contribution in [0.2, 0.25) is 0 Å². The number of esters is 1. The van der Waals surface area contributed by atoms with Crippen molar-refractivity contribution in [1.82, 2.24) is 0 Å². The normalized spacial score (nSPS) is 42.1. The van der Waals surface area contributed by atoms with Gasteiger partial charge in [0.05, 0.1) is 11.8 Å². The zero-order valence-corrected chi connectivity index (χ0v) is 20.1. The van der Waals surface area contributed by atoms with Crippen LogP contribution in [-0.2, 0) is 24.0 Å². The molecule has 9 nitrogen and oxygen atoms in total. The minimum Gasteiger partial charge on any atom is -0.479 e. The lowest BCUT2D eigenvalue weighted by Crippen LogP contribution is -2.62. The smallest absolute Gasteiger partial charge is 0.344 e. The largest absolute Gasteiger partial charge is 0.479 e. The molecule has 0 spiro atoms. The summed E-state index contributed by atoms with van der Waals surface area (Å²) in [6.45, 7) is 4.40. The molecule has 7 atom stereocenters. The second-order valence-corrected chi connectivity index (χ2v) is 11.0. The van der Waals surface area contributed by atoms with Gasteiger partial charge in [0.1, 0.15) is 5.60 Å². The molecular formula is C25H35NO8. The summed E-state index contributed by atoms with van der Waals surface area (Å²) in [4.78, 5) is 39.8. The summed E-state index contributed by atoms with van der Waals surface area (Å²) < 4.78 is 4.90. The Balaban J connectivity index is 1.58. The van der Waals surface area contributed by atoms with Gasteiger partial charge < -0.3 is 24.9 Å². The monoisotopic (exact) mass is 477 g/mol. The molecule has 188 valence electrons. The lowest BCUT2D eigenvalue weighted by molar-refractivity contribution is -0.183. The van der Waals surface area contributed by atoms with Gasteiger partial charge in [0.2, 0.25) is 12.4 Å². The van der Waals surface area contributed by atoms with Crippen LogP contribution >= 0.6 is 0 Å². The number of ether oxygens (including phenoxy) is 1. The number of ketones is 1. The number of oxime groups is 1. The Morgan fingerprint density at radius 1 is 1.15 bits per heavy atom. The molecule has 0 saturated heterocycles. The first-order valence-electron chi connectivity index (χ1n) is 12.1. The number of hydrogen-bond donors (Lipinski definition) is 3. The summed E-state index contributed by atoms with van der Waals surface area (Å²) in [6, 6.07) is 0. The lowest BCUT2D eigenvalue weighted by atomic mass is 9.45. The zero-order valence-electron chi connectivity index (χ0n) is 20.1. The summed E-state index contributed by atoms with van der Waals surface area (Å²) in [7, 11) is 0. The number of rotatable bonds is 6. The zero-order chi connectivity index (χ0) is 24.9. The fraction of sp³-hybridized carbons (Fsp3) is 0.760. The maximum atomic E-state index is 13.0. The summed E-state index contributed by atoms with van der Waals surface area (Å²) in [5, 5.41) is 35.8. The molecule has 4 aliphatic rings. The van der Waals surface area contributed by atoms with Gasteiger partial charge in [-0.3, -0.25) is 9.59 Å². The number of carbonyl (C=O) groups excluding carboxylic acids is 2. The number of carbonyl (C=O) groups is 3. The SMILES string of the molecule is CC(=O)OCC(=O)[C@@]1(O)CC[C@H]2[C@@H]3CCC4=C/C(=N\OCC(=O)O)CC[C@]4(C)[C@H]3[C@@H](O)C[C@@]21C. The molecule has 0 aromatic heterocycles. The third-order valence-electron chi connectivity index (χ3n) is 9.30. The van der Waals surface area contributed by atoms with E-state index in [2.05, 4.69) is 12.1 Å². The van der Waals surface area contributed by atoms with E-state index in [1.807, 2.05) is 13.0 Å². The number of aliphatic hydroxyl groups is 2. The Bertz CT molecular complexity index is 943. The minimum atomic E-state index is -1.62. The van der Waals surface area contributed by atoms with Crippen molar-refractivity contribution in [3.05, 3.63) is 11.6 Å². The highest BCUT2D eigenvalue weighted by Crippen LogP contribution is 2.67. The van der Waals surface area contributed by atoms with Crippen LogP contribution in [0.5, 0.6) is 0 Å². The van der Waals surface area contributed by atoms with E-state index >= 15 is 0 Å². The van der Waals surface area contributed by atoms with Crippen LogP contribution in [0.1, 0.15) is 65.7 Å². The highest BCUT2D eigenvalue weighted by Gasteiger charge is 2.68. The molecule has 4 rings (SSSR count). The van der Waals surface area contributed by atoms with Crippen molar-refractivity contribution in [3.63, 3.8) is 0 Å². The van der Waals surface area contributed by atoms with Gasteiger partial charge in [-0.05, 0) is 74.2 Å². The number of aliphatic hydroxyl groups excluding tert-OH is 1. The van der Waals surface area contributed by atoms with Gasteiger partial charge in [-0.2, -0.15) is 0 Å². The van der Waals surface area contributed by atoms with Gasteiger partial charge in [-0.25, -0.2) is 4.79 Å². The van der Waals surface area contributed by atoms with Crippen molar-refractivity contribution in [1.29, 1.82) is 0 Å². The molecule has 0 amide bonds. The number of nitrogens with zero attached hydrogens (tertiary/aromatic N) is 1. The number of aliphatic carboxylic acids is 1. The first-order valence-corrected chi connectivity index (χ1v) is 12.1. The van der Waals surface area contributed by atoms with Crippen LogP contribution in [0.3, 0.4) is 0 Å². The van der Waals surface area contributed by atoms with Crippen LogP contribution < -0.4 is 0 Å². The van der Waals surface area contributed by atoms with Crippen LogP contribution in [0.4, 0.5) is 0 Å². The van der Waals surface area contributed by atoms with Crippen molar-refractivity contribution in [2.75, 3.05) is 13.2 Å². The number of carboxylic acids is 1. The quantitative estimate of drug-likeness (QED) is 0.390. The molecular weight excluding hydrogens is 442 g/mol. The first-order chi connectivity index (χ1) is 15.9. The summed E-state index contributed by atoms with van der Waals surface area (Å²) in [6.07, 6.45) is 5.66. The van der Waals surface area contributed by atoms with Crippen LogP contribution in [0, 0.1) is 28.6 Å². The maximum absolute atomic E-state index is 13.0. The Hall–Kier alpha value is -2.26. The third-order valence-corrected chi connectivity index (χ3v) is 9.30. The number of hydrogen-bond acceptors (Lipinski definition) is 8. The Kier molecular flexibility index (Phi) is 6.40. The van der Waals surface area contributed by atoms with Crippen molar-refractivity contribution < 1.29 is 39.3 Å². The molecule has 3 saturated carbocycles. The van der Waals surface area contributed by atoms with Gasteiger partial charge in [-0.15, -0.1) is 0 Å². The van der Waals surface area contributed by atoms with Gasteiger partial charge in [-0.1, -0.05) is 24.6 Å².